The molecule has 28 heavy (non-hydrogen) atoms. The Balaban J connectivity index is 1.82. The predicted molar refractivity (Wildman–Crippen MR) is 103 cm³/mol. The summed E-state index contributed by atoms with van der Waals surface area (Å²) in [6, 6.07) is 12.6. The molecule has 3 rings (SSSR count). The minimum atomic E-state index is -0.750. The van der Waals surface area contributed by atoms with E-state index in [4.69, 9.17) is 13.9 Å². The Morgan fingerprint density at radius 3 is 2.43 bits per heavy atom. The first-order valence-electron chi connectivity index (χ1n) is 8.74. The highest BCUT2D eigenvalue weighted by Crippen LogP contribution is 2.22. The fourth-order valence-electron chi connectivity index (χ4n) is 2.54. The van der Waals surface area contributed by atoms with Crippen LogP contribution in [0.2, 0.25) is 0 Å². The molecular weight excluding hydrogens is 362 g/mol. The minimum Gasteiger partial charge on any atom is -0.497 e. The third kappa shape index (κ3) is 4.20. The summed E-state index contributed by atoms with van der Waals surface area (Å²) >= 11 is 0. The number of ether oxygens (including phenoxy) is 2. The average Bonchev–Trinajstić information content (AvgIpc) is 2.71. The van der Waals surface area contributed by atoms with Crippen LogP contribution in [0.15, 0.2) is 57.7 Å². The number of benzene rings is 2. The zero-order valence-corrected chi connectivity index (χ0v) is 15.5. The molecule has 0 saturated heterocycles. The normalized spacial score (nSPS) is 10.5. The van der Waals surface area contributed by atoms with E-state index in [1.54, 1.807) is 36.4 Å². The number of carbonyl (C=O) groups excluding carboxylic acids is 2. The van der Waals surface area contributed by atoms with Crippen molar-refractivity contribution in [1.82, 2.24) is 5.32 Å². The average molecular weight is 381 g/mol. The Labute approximate surface area is 160 Å². The quantitative estimate of drug-likeness (QED) is 0.400. The van der Waals surface area contributed by atoms with Crippen molar-refractivity contribution in [2.24, 2.45) is 0 Å². The molecule has 0 fully saturated rings. The van der Waals surface area contributed by atoms with Crippen LogP contribution in [0.25, 0.3) is 11.0 Å². The first-order chi connectivity index (χ1) is 13.5. The number of esters is 1. The molecule has 0 atom stereocenters. The van der Waals surface area contributed by atoms with Gasteiger partial charge in [0.15, 0.2) is 0 Å². The monoisotopic (exact) mass is 381 g/mol. The summed E-state index contributed by atoms with van der Waals surface area (Å²) in [6.45, 7) is 2.38. The number of hydrogen-bond acceptors (Lipinski definition) is 6. The van der Waals surface area contributed by atoms with E-state index in [-0.39, 0.29) is 16.9 Å². The Morgan fingerprint density at radius 2 is 1.75 bits per heavy atom. The molecular formula is C21H19NO6. The van der Waals surface area contributed by atoms with Crippen LogP contribution in [-0.2, 0) is 0 Å². The van der Waals surface area contributed by atoms with Crippen LogP contribution < -0.4 is 20.4 Å². The maximum Gasteiger partial charge on any atom is 0.349 e. The third-order valence-corrected chi connectivity index (χ3v) is 4.02. The number of nitrogens with one attached hydrogen (secondary N) is 1. The zero-order valence-electron chi connectivity index (χ0n) is 15.5. The second-order valence-corrected chi connectivity index (χ2v) is 6.02. The first kappa shape index (κ1) is 19.2. The van der Waals surface area contributed by atoms with Gasteiger partial charge in [0.2, 0.25) is 0 Å². The maximum absolute atomic E-state index is 12.3. The molecule has 144 valence electrons. The molecule has 0 aliphatic heterocycles. The number of hydrogen-bond donors (Lipinski definition) is 1. The summed E-state index contributed by atoms with van der Waals surface area (Å²) in [5.74, 6) is -0.185. The van der Waals surface area contributed by atoms with Gasteiger partial charge in [-0.25, -0.2) is 9.59 Å². The van der Waals surface area contributed by atoms with Gasteiger partial charge in [-0.05, 0) is 48.9 Å². The number of fused-ring (bicyclic) bond motifs is 1. The summed E-state index contributed by atoms with van der Waals surface area (Å²) in [7, 11) is 1.54. The molecule has 0 spiro atoms. The number of methoxy groups -OCH3 is 1. The Bertz CT molecular complexity index is 1070. The van der Waals surface area contributed by atoms with Gasteiger partial charge in [-0.15, -0.1) is 0 Å². The van der Waals surface area contributed by atoms with Crippen molar-refractivity contribution in [2.75, 3.05) is 13.7 Å². The molecule has 1 heterocycles. The molecule has 0 aliphatic rings. The van der Waals surface area contributed by atoms with Gasteiger partial charge in [-0.1, -0.05) is 6.92 Å². The molecule has 0 unspecified atom stereocenters. The lowest BCUT2D eigenvalue weighted by Crippen LogP contribution is -2.28. The number of amides is 1. The molecule has 0 aliphatic carbocycles. The highest BCUT2D eigenvalue weighted by Gasteiger charge is 2.15. The van der Waals surface area contributed by atoms with Crippen LogP contribution in [0.4, 0.5) is 0 Å². The third-order valence-electron chi connectivity index (χ3n) is 4.02. The summed E-state index contributed by atoms with van der Waals surface area (Å²) in [4.78, 5) is 36.4. The molecule has 1 amide bonds. The Hall–Kier alpha value is -3.61. The van der Waals surface area contributed by atoms with Crippen molar-refractivity contribution >= 4 is 22.8 Å². The lowest BCUT2D eigenvalue weighted by molar-refractivity contribution is 0.0734. The Kier molecular flexibility index (Phi) is 5.74. The molecule has 2 aromatic carbocycles. The van der Waals surface area contributed by atoms with Crippen molar-refractivity contribution in [1.29, 1.82) is 0 Å². The first-order valence-corrected chi connectivity index (χ1v) is 8.74. The van der Waals surface area contributed by atoms with Crippen LogP contribution in [0.1, 0.15) is 34.1 Å². The van der Waals surface area contributed by atoms with Gasteiger partial charge < -0.3 is 19.2 Å². The SMILES string of the molecule is CCCNC(=O)c1cc2ccc(OC(=O)c3ccc(OC)cc3)cc2oc1=O. The topological polar surface area (TPSA) is 94.8 Å². The van der Waals surface area contributed by atoms with E-state index >= 15 is 0 Å². The largest absolute Gasteiger partial charge is 0.497 e. The Morgan fingerprint density at radius 1 is 1.04 bits per heavy atom. The maximum atomic E-state index is 12.3. The van der Waals surface area contributed by atoms with Crippen molar-refractivity contribution in [3.05, 3.63) is 70.1 Å². The second kappa shape index (κ2) is 8.39. The second-order valence-electron chi connectivity index (χ2n) is 6.02. The summed E-state index contributed by atoms with van der Waals surface area (Å²) in [6.07, 6.45) is 0.758. The fraction of sp³-hybridized carbons (Fsp3) is 0.190. The van der Waals surface area contributed by atoms with Crippen LogP contribution in [0, 0.1) is 0 Å². The van der Waals surface area contributed by atoms with Crippen molar-refractivity contribution in [3.8, 4) is 11.5 Å². The summed E-state index contributed by atoms with van der Waals surface area (Å²) in [5.41, 5.74) is -0.244. The molecule has 0 bridgehead atoms. The molecule has 3 aromatic rings. The standard InChI is InChI=1S/C21H19NO6/c1-3-10-22-19(23)17-11-14-6-9-16(12-18(14)28-21(17)25)27-20(24)13-4-7-15(26-2)8-5-13/h4-9,11-12H,3,10H2,1-2H3,(H,22,23). The van der Waals surface area contributed by atoms with E-state index in [1.165, 1.54) is 19.2 Å². The summed E-state index contributed by atoms with van der Waals surface area (Å²) in [5, 5.41) is 3.19. The van der Waals surface area contributed by atoms with Crippen LogP contribution in [-0.4, -0.2) is 25.5 Å². The fourth-order valence-corrected chi connectivity index (χ4v) is 2.54. The van der Waals surface area contributed by atoms with E-state index in [2.05, 4.69) is 5.32 Å². The molecule has 7 heteroatoms. The number of rotatable bonds is 6. The highest BCUT2D eigenvalue weighted by molar-refractivity contribution is 5.97. The minimum absolute atomic E-state index is 0.0658. The van der Waals surface area contributed by atoms with Gasteiger partial charge in [-0.3, -0.25) is 4.79 Å². The zero-order chi connectivity index (χ0) is 20.1. The molecule has 1 aromatic heterocycles. The van der Waals surface area contributed by atoms with Crippen LogP contribution in [0.5, 0.6) is 11.5 Å². The van der Waals surface area contributed by atoms with Crippen LogP contribution in [0.3, 0.4) is 0 Å². The van der Waals surface area contributed by atoms with E-state index in [0.29, 0.717) is 23.2 Å². The lowest BCUT2D eigenvalue weighted by atomic mass is 10.1. The van der Waals surface area contributed by atoms with Crippen molar-refractivity contribution < 1.29 is 23.5 Å². The van der Waals surface area contributed by atoms with E-state index in [1.807, 2.05) is 6.92 Å². The predicted octanol–water partition coefficient (Wildman–Crippen LogP) is 3.16. The molecule has 1 N–H and O–H groups in total. The van der Waals surface area contributed by atoms with E-state index < -0.39 is 17.5 Å². The van der Waals surface area contributed by atoms with Gasteiger partial charge in [0.05, 0.1) is 12.7 Å². The number of carbonyl (C=O) groups is 2. The molecule has 0 saturated carbocycles. The van der Waals surface area contributed by atoms with Gasteiger partial charge >= 0.3 is 11.6 Å². The van der Waals surface area contributed by atoms with Gasteiger partial charge in [0.1, 0.15) is 22.6 Å². The van der Waals surface area contributed by atoms with Crippen molar-refractivity contribution in [2.45, 2.75) is 13.3 Å². The van der Waals surface area contributed by atoms with E-state index in [0.717, 1.165) is 6.42 Å². The smallest absolute Gasteiger partial charge is 0.349 e. The van der Waals surface area contributed by atoms with Crippen molar-refractivity contribution in [3.63, 3.8) is 0 Å². The lowest BCUT2D eigenvalue weighted by Gasteiger charge is -2.07. The van der Waals surface area contributed by atoms with Gasteiger partial charge in [-0.2, -0.15) is 0 Å². The van der Waals surface area contributed by atoms with E-state index in [9.17, 15) is 14.4 Å². The molecule has 0 radical (unpaired) electrons. The van der Waals surface area contributed by atoms with Gasteiger partial charge in [0.25, 0.3) is 5.91 Å². The summed E-state index contributed by atoms with van der Waals surface area (Å²) < 4.78 is 15.6. The van der Waals surface area contributed by atoms with Gasteiger partial charge in [0, 0.05) is 18.0 Å². The molecule has 7 nitrogen and oxygen atoms in total. The highest BCUT2D eigenvalue weighted by atomic mass is 16.5. The van der Waals surface area contributed by atoms with Crippen LogP contribution >= 0.6 is 0 Å².